The Labute approximate surface area is 166 Å². The van der Waals surface area contributed by atoms with Crippen LogP contribution in [0.4, 0.5) is 0 Å². The van der Waals surface area contributed by atoms with E-state index in [1.807, 2.05) is 19.0 Å². The van der Waals surface area contributed by atoms with Crippen LogP contribution in [0.5, 0.6) is 0 Å². The highest BCUT2D eigenvalue weighted by atomic mass is 35.5. The van der Waals surface area contributed by atoms with Gasteiger partial charge in [0.05, 0.1) is 17.9 Å². The van der Waals surface area contributed by atoms with Crippen LogP contribution in [-0.2, 0) is 24.4 Å². The number of hydrogen-bond acceptors (Lipinski definition) is 6. The Kier molecular flexibility index (Phi) is 6.55. The number of fused-ring (bicyclic) bond motifs is 1. The summed E-state index contributed by atoms with van der Waals surface area (Å²) in [5.74, 6) is 0.733. The fraction of sp³-hybridized carbons (Fsp3) is 0.688. The van der Waals surface area contributed by atoms with Gasteiger partial charge in [-0.1, -0.05) is 0 Å². The van der Waals surface area contributed by atoms with Crippen molar-refractivity contribution in [1.29, 1.82) is 0 Å². The van der Waals surface area contributed by atoms with Crippen molar-refractivity contribution in [2.24, 2.45) is 4.99 Å². The van der Waals surface area contributed by atoms with Crippen LogP contribution in [0.1, 0.15) is 24.2 Å². The van der Waals surface area contributed by atoms with Crippen LogP contribution in [-0.4, -0.2) is 70.7 Å². The van der Waals surface area contributed by atoms with Crippen molar-refractivity contribution < 1.29 is 4.79 Å². The van der Waals surface area contributed by atoms with Gasteiger partial charge in [0.1, 0.15) is 5.54 Å². The zero-order valence-electron chi connectivity index (χ0n) is 15.2. The zero-order valence-corrected chi connectivity index (χ0v) is 16.8. The summed E-state index contributed by atoms with van der Waals surface area (Å²) in [6.45, 7) is 5.43. The van der Waals surface area contributed by atoms with Gasteiger partial charge in [-0.25, -0.2) is 4.99 Å². The molecule has 1 saturated heterocycles. The molecule has 0 atom stereocenters. The van der Waals surface area contributed by atoms with E-state index in [1.165, 1.54) is 5.69 Å². The van der Waals surface area contributed by atoms with Gasteiger partial charge in [-0.15, -0.1) is 24.8 Å². The number of aromatic nitrogens is 2. The Bertz CT molecular complexity index is 657. The van der Waals surface area contributed by atoms with E-state index in [9.17, 15) is 4.79 Å². The fourth-order valence-electron chi connectivity index (χ4n) is 3.69. The Balaban J connectivity index is 0.00000121. The summed E-state index contributed by atoms with van der Waals surface area (Å²) >= 11 is 0. The van der Waals surface area contributed by atoms with Crippen LogP contribution in [0.15, 0.2) is 11.1 Å². The highest BCUT2D eigenvalue weighted by molar-refractivity contribution is 6.07. The van der Waals surface area contributed by atoms with Gasteiger partial charge in [0.15, 0.2) is 0 Å². The molecule has 0 aliphatic carbocycles. The summed E-state index contributed by atoms with van der Waals surface area (Å²) < 4.78 is 2.11. The number of hydrogen-bond donors (Lipinski definition) is 2. The molecule has 1 aromatic rings. The SMILES string of the molecule is CN(C)C1=NC2(CCN(Cc3cc4n(n3)CCNC4)CC2)C(=O)N1.Cl.Cl. The molecule has 1 spiro atoms. The van der Waals surface area contributed by atoms with Crippen molar-refractivity contribution in [3.63, 3.8) is 0 Å². The van der Waals surface area contributed by atoms with Crippen LogP contribution in [0.3, 0.4) is 0 Å². The second-order valence-electron chi connectivity index (χ2n) is 7.12. The smallest absolute Gasteiger partial charge is 0.254 e. The lowest BCUT2D eigenvalue weighted by Gasteiger charge is -2.35. The van der Waals surface area contributed by atoms with Crippen molar-refractivity contribution in [3.8, 4) is 0 Å². The third-order valence-corrected chi connectivity index (χ3v) is 5.18. The molecule has 0 radical (unpaired) electrons. The first-order chi connectivity index (χ1) is 11.6. The molecule has 26 heavy (non-hydrogen) atoms. The van der Waals surface area contributed by atoms with Gasteiger partial charge in [-0.05, 0) is 18.9 Å². The Morgan fingerprint density at radius 3 is 2.58 bits per heavy atom. The van der Waals surface area contributed by atoms with Gasteiger partial charge in [0.2, 0.25) is 5.96 Å². The average Bonchev–Trinajstić information content (AvgIpc) is 3.11. The Morgan fingerprint density at radius 1 is 1.23 bits per heavy atom. The minimum Gasteiger partial charge on any atom is -0.349 e. The van der Waals surface area contributed by atoms with Crippen LogP contribution in [0.25, 0.3) is 0 Å². The Morgan fingerprint density at radius 2 is 1.96 bits per heavy atom. The predicted molar refractivity (Wildman–Crippen MR) is 105 cm³/mol. The number of rotatable bonds is 2. The monoisotopic (exact) mass is 403 g/mol. The molecule has 0 unspecified atom stereocenters. The number of nitrogens with one attached hydrogen (secondary N) is 2. The molecule has 10 heteroatoms. The lowest BCUT2D eigenvalue weighted by Crippen LogP contribution is -2.49. The summed E-state index contributed by atoms with van der Waals surface area (Å²) in [5.41, 5.74) is 1.83. The maximum absolute atomic E-state index is 12.4. The van der Waals surface area contributed by atoms with E-state index in [0.717, 1.165) is 57.8 Å². The van der Waals surface area contributed by atoms with Gasteiger partial charge in [-0.3, -0.25) is 19.7 Å². The third kappa shape index (κ3) is 3.83. The van der Waals surface area contributed by atoms with Crippen molar-refractivity contribution >= 4 is 36.7 Å². The van der Waals surface area contributed by atoms with Gasteiger partial charge < -0.3 is 10.2 Å². The lowest BCUT2D eigenvalue weighted by atomic mass is 9.88. The van der Waals surface area contributed by atoms with E-state index >= 15 is 0 Å². The van der Waals surface area contributed by atoms with Crippen LogP contribution < -0.4 is 10.6 Å². The number of halogens is 2. The zero-order chi connectivity index (χ0) is 16.7. The van der Waals surface area contributed by atoms with Crippen LogP contribution in [0.2, 0.25) is 0 Å². The number of amides is 1. The first kappa shape index (κ1) is 21.0. The molecule has 2 N–H and O–H groups in total. The summed E-state index contributed by atoms with van der Waals surface area (Å²) in [5, 5.41) is 11.0. The maximum Gasteiger partial charge on any atom is 0.254 e. The standard InChI is InChI=1S/C16H25N7O.2ClH/c1-21(2)15-18-14(24)16(19-15)3-6-22(7-4-16)11-12-9-13-10-17-5-8-23(13)20-12;;/h9,17H,3-8,10-11H2,1-2H3,(H,18,19,24);2*1H. The van der Waals surface area contributed by atoms with Crippen molar-refractivity contribution in [2.45, 2.75) is 38.0 Å². The topological polar surface area (TPSA) is 77.8 Å². The fourth-order valence-corrected chi connectivity index (χ4v) is 3.69. The van der Waals surface area contributed by atoms with E-state index < -0.39 is 5.54 Å². The number of aliphatic imine (C=N–C) groups is 1. The minimum absolute atomic E-state index is 0. The predicted octanol–water partition coefficient (Wildman–Crippen LogP) is 0.212. The molecule has 3 aliphatic heterocycles. The van der Waals surface area contributed by atoms with Crippen molar-refractivity contribution in [3.05, 3.63) is 17.5 Å². The number of nitrogens with zero attached hydrogens (tertiary/aromatic N) is 5. The first-order valence-corrected chi connectivity index (χ1v) is 8.63. The first-order valence-electron chi connectivity index (χ1n) is 8.63. The number of carbonyl (C=O) groups is 1. The highest BCUT2D eigenvalue weighted by Crippen LogP contribution is 2.30. The summed E-state index contributed by atoms with van der Waals surface area (Å²) in [7, 11) is 3.81. The van der Waals surface area contributed by atoms with Gasteiger partial charge in [0, 0.05) is 46.8 Å². The van der Waals surface area contributed by atoms with Gasteiger partial charge in [0.25, 0.3) is 5.91 Å². The quantitative estimate of drug-likeness (QED) is 0.737. The lowest BCUT2D eigenvalue weighted by molar-refractivity contribution is -0.125. The third-order valence-electron chi connectivity index (χ3n) is 5.18. The van der Waals surface area contributed by atoms with E-state index in [0.29, 0.717) is 5.96 Å². The van der Waals surface area contributed by atoms with E-state index in [4.69, 9.17) is 5.10 Å². The molecule has 1 fully saturated rings. The van der Waals surface area contributed by atoms with Gasteiger partial charge >= 0.3 is 0 Å². The number of piperidine rings is 1. The number of carbonyl (C=O) groups excluding carboxylic acids is 1. The molecule has 4 heterocycles. The minimum atomic E-state index is -0.562. The largest absolute Gasteiger partial charge is 0.349 e. The molecule has 1 aromatic heterocycles. The van der Waals surface area contributed by atoms with E-state index in [-0.39, 0.29) is 30.7 Å². The highest BCUT2D eigenvalue weighted by Gasteiger charge is 2.46. The van der Waals surface area contributed by atoms with Crippen molar-refractivity contribution in [1.82, 2.24) is 30.2 Å². The van der Waals surface area contributed by atoms with E-state index in [2.05, 4.69) is 31.3 Å². The molecule has 0 saturated carbocycles. The molecule has 146 valence electrons. The average molecular weight is 404 g/mol. The molecule has 4 rings (SSSR count). The normalized spacial score (nSPS) is 21.3. The summed E-state index contributed by atoms with van der Waals surface area (Å²) in [6, 6.07) is 2.20. The molecular weight excluding hydrogens is 377 g/mol. The maximum atomic E-state index is 12.4. The Hall–Kier alpha value is -1.35. The second kappa shape index (κ2) is 8.12. The van der Waals surface area contributed by atoms with Crippen LogP contribution >= 0.6 is 24.8 Å². The van der Waals surface area contributed by atoms with Crippen LogP contribution in [0, 0.1) is 0 Å². The molecule has 1 amide bonds. The van der Waals surface area contributed by atoms with Crippen molar-refractivity contribution in [2.75, 3.05) is 33.7 Å². The molecule has 0 bridgehead atoms. The molecule has 8 nitrogen and oxygen atoms in total. The molecular formula is C16H27Cl2N7O. The van der Waals surface area contributed by atoms with Gasteiger partial charge in [-0.2, -0.15) is 5.10 Å². The van der Waals surface area contributed by atoms with E-state index in [1.54, 1.807) is 0 Å². The molecule has 3 aliphatic rings. The number of likely N-dealkylation sites (tertiary alicyclic amines) is 1. The summed E-state index contributed by atoms with van der Waals surface area (Å²) in [4.78, 5) is 21.3. The number of guanidine groups is 1. The second-order valence-corrected chi connectivity index (χ2v) is 7.12. The molecule has 0 aromatic carbocycles. The summed E-state index contributed by atoms with van der Waals surface area (Å²) in [6.07, 6.45) is 1.54.